The van der Waals surface area contributed by atoms with E-state index in [1.165, 1.54) is 40.7 Å². The van der Waals surface area contributed by atoms with Gasteiger partial charge in [0, 0.05) is 6.54 Å². The summed E-state index contributed by atoms with van der Waals surface area (Å²) in [5, 5.41) is 10.5. The summed E-state index contributed by atoms with van der Waals surface area (Å²) >= 11 is 0. The Morgan fingerprint density at radius 3 is 2.45 bits per heavy atom. The molecule has 1 amide bonds. The standard InChI is InChI=1S/C29H36N2O2/c1-19(2)21-4-3-5-22(16-21)23-6-7-25-24(17-23)8-11-29(12-13-29)27(25)31(28(32)33)26-18-30-14-9-20(26)10-15-30/h3-7,16-17,19-20,26-27H,8-15,18H2,1-2H3,(H,32,33)/t26-,27?/m1/s1. The zero-order valence-corrected chi connectivity index (χ0v) is 20.0. The van der Waals surface area contributed by atoms with Gasteiger partial charge in [0.05, 0.1) is 12.1 Å². The van der Waals surface area contributed by atoms with Crippen molar-refractivity contribution >= 4 is 6.09 Å². The van der Waals surface area contributed by atoms with Crippen LogP contribution in [0.1, 0.15) is 74.6 Å². The largest absolute Gasteiger partial charge is 0.465 e. The first kappa shape index (κ1) is 21.2. The van der Waals surface area contributed by atoms with Crippen molar-refractivity contribution in [2.45, 2.75) is 70.4 Å². The lowest BCUT2D eigenvalue weighted by Crippen LogP contribution is -2.60. The van der Waals surface area contributed by atoms with Crippen LogP contribution in [-0.2, 0) is 6.42 Å². The van der Waals surface area contributed by atoms with Gasteiger partial charge in [0.1, 0.15) is 0 Å². The average molecular weight is 445 g/mol. The molecule has 3 heterocycles. The third-order valence-electron chi connectivity index (χ3n) is 9.17. The van der Waals surface area contributed by atoms with Crippen molar-refractivity contribution in [2.24, 2.45) is 11.3 Å². The van der Waals surface area contributed by atoms with Crippen molar-refractivity contribution in [3.63, 3.8) is 0 Å². The molecule has 2 aliphatic carbocycles. The molecule has 1 saturated carbocycles. The highest BCUT2D eigenvalue weighted by Crippen LogP contribution is 2.63. The molecule has 0 aromatic heterocycles. The van der Waals surface area contributed by atoms with Crippen LogP contribution in [0.4, 0.5) is 4.79 Å². The topological polar surface area (TPSA) is 43.8 Å². The predicted molar refractivity (Wildman–Crippen MR) is 132 cm³/mol. The minimum absolute atomic E-state index is 0.0142. The fourth-order valence-electron chi connectivity index (χ4n) is 7.02. The maximum absolute atomic E-state index is 12.8. The van der Waals surface area contributed by atoms with E-state index in [1.54, 1.807) is 0 Å². The summed E-state index contributed by atoms with van der Waals surface area (Å²) in [5.41, 5.74) is 6.68. The molecule has 33 heavy (non-hydrogen) atoms. The Morgan fingerprint density at radius 2 is 1.82 bits per heavy atom. The Bertz CT molecular complexity index is 1070. The van der Waals surface area contributed by atoms with Gasteiger partial charge in [-0.25, -0.2) is 4.79 Å². The normalized spacial score (nSPS) is 29.2. The monoisotopic (exact) mass is 444 g/mol. The fraction of sp³-hybridized carbons (Fsp3) is 0.552. The molecular formula is C29H36N2O2. The van der Waals surface area contributed by atoms with E-state index in [-0.39, 0.29) is 17.5 Å². The van der Waals surface area contributed by atoms with E-state index in [0.29, 0.717) is 11.8 Å². The molecule has 3 aliphatic heterocycles. The minimum Gasteiger partial charge on any atom is -0.465 e. The molecule has 1 N–H and O–H groups in total. The Hall–Kier alpha value is -2.33. The smallest absolute Gasteiger partial charge is 0.408 e. The number of rotatable bonds is 4. The lowest BCUT2D eigenvalue weighted by atomic mass is 9.73. The first-order chi connectivity index (χ1) is 15.9. The van der Waals surface area contributed by atoms with Crippen LogP contribution < -0.4 is 0 Å². The fourth-order valence-corrected chi connectivity index (χ4v) is 7.02. The van der Waals surface area contributed by atoms with Gasteiger partial charge < -0.3 is 10.0 Å². The zero-order valence-electron chi connectivity index (χ0n) is 20.0. The van der Waals surface area contributed by atoms with E-state index in [9.17, 15) is 9.90 Å². The van der Waals surface area contributed by atoms with Crippen LogP contribution in [0.2, 0.25) is 0 Å². The molecule has 2 aromatic carbocycles. The van der Waals surface area contributed by atoms with Crippen molar-refractivity contribution < 1.29 is 9.90 Å². The third-order valence-corrected chi connectivity index (χ3v) is 9.17. The van der Waals surface area contributed by atoms with Crippen LogP contribution in [0.15, 0.2) is 42.5 Å². The van der Waals surface area contributed by atoms with E-state index in [2.05, 4.69) is 61.2 Å². The summed E-state index contributed by atoms with van der Waals surface area (Å²) in [4.78, 5) is 17.2. The lowest BCUT2D eigenvalue weighted by molar-refractivity contribution is -0.0243. The van der Waals surface area contributed by atoms with Crippen molar-refractivity contribution in [1.29, 1.82) is 0 Å². The molecule has 2 aromatic rings. The summed E-state index contributed by atoms with van der Waals surface area (Å²) in [6.45, 7) is 7.67. The number of hydrogen-bond donors (Lipinski definition) is 1. The number of amides is 1. The van der Waals surface area contributed by atoms with Gasteiger partial charge in [-0.2, -0.15) is 0 Å². The molecule has 1 unspecified atom stereocenters. The third kappa shape index (κ3) is 3.58. The van der Waals surface area contributed by atoms with Gasteiger partial charge >= 0.3 is 6.09 Å². The van der Waals surface area contributed by atoms with E-state index in [4.69, 9.17) is 0 Å². The number of hydrogen-bond acceptors (Lipinski definition) is 2. The SMILES string of the molecule is CC(C)c1cccc(-c2ccc3c(c2)CCC2(CC2)C3N(C(=O)O)[C@@H]2CN3CCC2CC3)c1. The molecule has 1 spiro atoms. The number of fused-ring (bicyclic) bond motifs is 4. The summed E-state index contributed by atoms with van der Waals surface area (Å²) in [6.07, 6.45) is 6.09. The summed E-state index contributed by atoms with van der Waals surface area (Å²) in [5.74, 6) is 1.03. The lowest BCUT2D eigenvalue weighted by Gasteiger charge is -2.52. The van der Waals surface area contributed by atoms with Gasteiger partial charge in [0.25, 0.3) is 0 Å². The maximum atomic E-state index is 12.8. The van der Waals surface area contributed by atoms with Gasteiger partial charge in [-0.3, -0.25) is 4.90 Å². The molecule has 4 heteroatoms. The highest BCUT2D eigenvalue weighted by molar-refractivity contribution is 5.69. The van der Waals surface area contributed by atoms with Gasteiger partial charge in [-0.1, -0.05) is 56.3 Å². The van der Waals surface area contributed by atoms with Gasteiger partial charge in [0.15, 0.2) is 0 Å². The first-order valence-corrected chi connectivity index (χ1v) is 12.9. The van der Waals surface area contributed by atoms with Gasteiger partial charge in [0.2, 0.25) is 0 Å². The van der Waals surface area contributed by atoms with Crippen LogP contribution in [0, 0.1) is 11.3 Å². The van der Waals surface area contributed by atoms with Crippen molar-refractivity contribution in [3.05, 3.63) is 59.2 Å². The Labute approximate surface area is 197 Å². The second kappa shape index (κ2) is 7.87. The number of carboxylic acid groups (broad SMARTS) is 1. The number of carbonyl (C=O) groups is 1. The molecule has 174 valence electrons. The second-order valence-electron chi connectivity index (χ2n) is 11.4. The molecule has 3 saturated heterocycles. The minimum atomic E-state index is -0.716. The van der Waals surface area contributed by atoms with E-state index < -0.39 is 6.09 Å². The maximum Gasteiger partial charge on any atom is 0.408 e. The van der Waals surface area contributed by atoms with E-state index >= 15 is 0 Å². The quantitative estimate of drug-likeness (QED) is 0.600. The van der Waals surface area contributed by atoms with Crippen LogP contribution >= 0.6 is 0 Å². The number of aryl methyl sites for hydroxylation is 1. The second-order valence-corrected chi connectivity index (χ2v) is 11.4. The Kier molecular flexibility index (Phi) is 5.06. The van der Waals surface area contributed by atoms with Gasteiger partial charge in [-0.15, -0.1) is 0 Å². The molecule has 2 bridgehead atoms. The highest BCUT2D eigenvalue weighted by atomic mass is 16.4. The molecule has 7 rings (SSSR count). The Morgan fingerprint density at radius 1 is 1.06 bits per heavy atom. The molecule has 2 atom stereocenters. The zero-order chi connectivity index (χ0) is 22.7. The van der Waals surface area contributed by atoms with Crippen LogP contribution in [0.25, 0.3) is 11.1 Å². The number of piperidine rings is 3. The Balaban J connectivity index is 1.39. The first-order valence-electron chi connectivity index (χ1n) is 12.9. The summed E-state index contributed by atoms with van der Waals surface area (Å²) in [7, 11) is 0. The van der Waals surface area contributed by atoms with Crippen molar-refractivity contribution in [2.75, 3.05) is 19.6 Å². The van der Waals surface area contributed by atoms with Gasteiger partial charge in [-0.05, 0) is 96.7 Å². The van der Waals surface area contributed by atoms with Crippen molar-refractivity contribution in [3.8, 4) is 11.1 Å². The van der Waals surface area contributed by atoms with Crippen LogP contribution in [0.3, 0.4) is 0 Å². The average Bonchev–Trinajstić information content (AvgIpc) is 3.61. The van der Waals surface area contributed by atoms with Crippen LogP contribution in [-0.4, -0.2) is 46.7 Å². The van der Waals surface area contributed by atoms with E-state index in [1.807, 2.05) is 4.90 Å². The van der Waals surface area contributed by atoms with E-state index in [0.717, 1.165) is 45.3 Å². The molecule has 4 fully saturated rings. The highest BCUT2D eigenvalue weighted by Gasteiger charge is 2.57. The summed E-state index contributed by atoms with van der Waals surface area (Å²) in [6, 6.07) is 15.9. The van der Waals surface area contributed by atoms with Crippen LogP contribution in [0.5, 0.6) is 0 Å². The number of benzene rings is 2. The molecule has 4 nitrogen and oxygen atoms in total. The molecule has 0 radical (unpaired) electrons. The summed E-state index contributed by atoms with van der Waals surface area (Å²) < 4.78 is 0. The number of nitrogens with zero attached hydrogens (tertiary/aromatic N) is 2. The predicted octanol–water partition coefficient (Wildman–Crippen LogP) is 6.32. The van der Waals surface area contributed by atoms with Crippen molar-refractivity contribution in [1.82, 2.24) is 9.80 Å². The molecule has 5 aliphatic rings. The molecular weight excluding hydrogens is 408 g/mol.